The lowest BCUT2D eigenvalue weighted by atomic mass is 10.3. The summed E-state index contributed by atoms with van der Waals surface area (Å²) in [6, 6.07) is 6.30. The number of methoxy groups -OCH3 is 1. The molecule has 2 amide bonds. The Morgan fingerprint density at radius 3 is 2.72 bits per heavy atom. The number of esters is 1. The number of nitrogens with zero attached hydrogens (tertiary/aromatic N) is 1. The number of anilines is 1. The number of urea groups is 1. The van der Waals surface area contributed by atoms with E-state index in [1.54, 1.807) is 24.3 Å². The van der Waals surface area contributed by atoms with Crippen LogP contribution in [-0.2, 0) is 9.53 Å². The van der Waals surface area contributed by atoms with Crippen LogP contribution in [0, 0.1) is 0 Å². The molecule has 0 saturated heterocycles. The van der Waals surface area contributed by atoms with Crippen molar-refractivity contribution in [2.24, 2.45) is 0 Å². The largest absolute Gasteiger partial charge is 0.468 e. The van der Waals surface area contributed by atoms with Crippen LogP contribution in [0.2, 0.25) is 5.02 Å². The highest BCUT2D eigenvalue weighted by Gasteiger charge is 2.14. The minimum atomic E-state index is -0.480. The third-order valence-electron chi connectivity index (χ3n) is 2.10. The third kappa shape index (κ3) is 4.14. The predicted molar refractivity (Wildman–Crippen MR) is 68.4 cm³/mol. The SMILES string of the molecule is CNC(=O)NN(CC(=O)OC)c1cccc(Cl)c1. The normalized spacial score (nSPS) is 9.50. The first-order chi connectivity index (χ1) is 8.56. The minimum Gasteiger partial charge on any atom is -0.468 e. The molecule has 0 aliphatic rings. The van der Waals surface area contributed by atoms with Crippen molar-refractivity contribution in [2.75, 3.05) is 25.7 Å². The summed E-state index contributed by atoms with van der Waals surface area (Å²) in [7, 11) is 2.75. The van der Waals surface area contributed by atoms with E-state index in [-0.39, 0.29) is 6.54 Å². The lowest BCUT2D eigenvalue weighted by Crippen LogP contribution is -2.48. The van der Waals surface area contributed by atoms with E-state index in [0.29, 0.717) is 10.7 Å². The number of carbonyl (C=O) groups is 2. The Bertz CT molecular complexity index is 421. The first kappa shape index (κ1) is 14.1. The van der Waals surface area contributed by atoms with Gasteiger partial charge in [0.2, 0.25) is 0 Å². The Balaban J connectivity index is 2.88. The lowest BCUT2D eigenvalue weighted by Gasteiger charge is -2.23. The minimum absolute atomic E-state index is 0.121. The zero-order valence-electron chi connectivity index (χ0n) is 10.1. The van der Waals surface area contributed by atoms with E-state index in [1.807, 2.05) is 0 Å². The van der Waals surface area contributed by atoms with Gasteiger partial charge in [0.05, 0.1) is 12.8 Å². The van der Waals surface area contributed by atoms with Gasteiger partial charge in [0, 0.05) is 12.1 Å². The molecule has 98 valence electrons. The fourth-order valence-electron chi connectivity index (χ4n) is 1.21. The Kier molecular flexibility index (Phi) is 5.26. The third-order valence-corrected chi connectivity index (χ3v) is 2.33. The van der Waals surface area contributed by atoms with Gasteiger partial charge < -0.3 is 10.1 Å². The number of ether oxygens (including phenoxy) is 1. The highest BCUT2D eigenvalue weighted by Crippen LogP contribution is 2.18. The van der Waals surface area contributed by atoms with Crippen molar-refractivity contribution in [3.05, 3.63) is 29.3 Å². The molecule has 0 aliphatic carbocycles. The molecule has 6 nitrogen and oxygen atoms in total. The molecule has 0 spiro atoms. The average molecular weight is 272 g/mol. The summed E-state index contributed by atoms with van der Waals surface area (Å²) in [4.78, 5) is 22.6. The van der Waals surface area contributed by atoms with Crippen LogP contribution in [0.15, 0.2) is 24.3 Å². The molecular weight excluding hydrogens is 258 g/mol. The second kappa shape index (κ2) is 6.70. The highest BCUT2D eigenvalue weighted by molar-refractivity contribution is 6.30. The number of hydrogen-bond donors (Lipinski definition) is 2. The summed E-state index contributed by atoms with van der Waals surface area (Å²) in [5, 5.41) is 4.24. The Morgan fingerprint density at radius 1 is 1.44 bits per heavy atom. The van der Waals surface area contributed by atoms with Crippen molar-refractivity contribution < 1.29 is 14.3 Å². The van der Waals surface area contributed by atoms with Crippen molar-refractivity contribution in [3.8, 4) is 0 Å². The van der Waals surface area contributed by atoms with Gasteiger partial charge in [-0.15, -0.1) is 0 Å². The van der Waals surface area contributed by atoms with Gasteiger partial charge in [0.15, 0.2) is 0 Å². The molecule has 0 aliphatic heterocycles. The van der Waals surface area contributed by atoms with Crippen LogP contribution in [0.25, 0.3) is 0 Å². The zero-order valence-corrected chi connectivity index (χ0v) is 10.8. The van der Waals surface area contributed by atoms with Gasteiger partial charge in [0.25, 0.3) is 0 Å². The Hall–Kier alpha value is -1.95. The van der Waals surface area contributed by atoms with Crippen molar-refractivity contribution in [1.29, 1.82) is 0 Å². The van der Waals surface area contributed by atoms with E-state index >= 15 is 0 Å². The van der Waals surface area contributed by atoms with E-state index in [9.17, 15) is 9.59 Å². The Labute approximate surface area is 110 Å². The van der Waals surface area contributed by atoms with Crippen LogP contribution in [0.1, 0.15) is 0 Å². The van der Waals surface area contributed by atoms with Crippen LogP contribution < -0.4 is 15.8 Å². The van der Waals surface area contributed by atoms with Gasteiger partial charge in [0.1, 0.15) is 6.54 Å². The molecular formula is C11H14ClN3O3. The van der Waals surface area contributed by atoms with Gasteiger partial charge in [-0.05, 0) is 18.2 Å². The maximum Gasteiger partial charge on any atom is 0.333 e. The summed E-state index contributed by atoms with van der Waals surface area (Å²) < 4.78 is 4.56. The maximum absolute atomic E-state index is 11.3. The van der Waals surface area contributed by atoms with Crippen LogP contribution in [0.5, 0.6) is 0 Å². The summed E-state index contributed by atoms with van der Waals surface area (Å²) in [6.07, 6.45) is 0. The summed E-state index contributed by atoms with van der Waals surface area (Å²) in [5.41, 5.74) is 3.08. The van der Waals surface area contributed by atoms with Gasteiger partial charge in [-0.1, -0.05) is 17.7 Å². The number of benzene rings is 1. The molecule has 0 atom stereocenters. The van der Waals surface area contributed by atoms with Crippen LogP contribution in [0.3, 0.4) is 0 Å². The van der Waals surface area contributed by atoms with Gasteiger partial charge in [-0.3, -0.25) is 9.80 Å². The second-order valence-corrected chi connectivity index (χ2v) is 3.77. The number of rotatable bonds is 4. The molecule has 0 heterocycles. The number of halogens is 1. The number of carbonyl (C=O) groups excluding carboxylic acids is 2. The molecule has 0 radical (unpaired) electrons. The fourth-order valence-corrected chi connectivity index (χ4v) is 1.40. The lowest BCUT2D eigenvalue weighted by molar-refractivity contribution is -0.139. The predicted octanol–water partition coefficient (Wildman–Crippen LogP) is 1.16. The number of nitrogens with one attached hydrogen (secondary N) is 2. The zero-order chi connectivity index (χ0) is 13.5. The summed E-state index contributed by atoms with van der Waals surface area (Å²) in [6.45, 7) is -0.121. The molecule has 1 aromatic rings. The summed E-state index contributed by atoms with van der Waals surface area (Å²) in [5.74, 6) is -0.480. The standard InChI is InChI=1S/C11H14ClN3O3/c1-13-11(17)14-15(7-10(16)18-2)9-5-3-4-8(12)6-9/h3-6H,7H2,1-2H3,(H2,13,14,17). The van der Waals surface area contributed by atoms with E-state index < -0.39 is 12.0 Å². The van der Waals surface area contributed by atoms with Crippen LogP contribution in [-0.4, -0.2) is 32.7 Å². The highest BCUT2D eigenvalue weighted by atomic mass is 35.5. The first-order valence-corrected chi connectivity index (χ1v) is 5.53. The quantitative estimate of drug-likeness (QED) is 0.637. The first-order valence-electron chi connectivity index (χ1n) is 5.15. The van der Waals surface area contributed by atoms with Crippen LogP contribution >= 0.6 is 11.6 Å². The monoisotopic (exact) mass is 271 g/mol. The molecule has 1 rings (SSSR count). The molecule has 0 saturated carbocycles. The molecule has 2 N–H and O–H groups in total. The smallest absolute Gasteiger partial charge is 0.333 e. The van der Waals surface area contributed by atoms with Crippen molar-refractivity contribution >= 4 is 29.3 Å². The molecule has 0 fully saturated rings. The van der Waals surface area contributed by atoms with Crippen molar-refractivity contribution in [1.82, 2.24) is 10.7 Å². The average Bonchev–Trinajstić information content (AvgIpc) is 2.37. The van der Waals surface area contributed by atoms with E-state index in [1.165, 1.54) is 19.2 Å². The van der Waals surface area contributed by atoms with E-state index in [0.717, 1.165) is 0 Å². The topological polar surface area (TPSA) is 70.7 Å². The maximum atomic E-state index is 11.3. The van der Waals surface area contributed by atoms with E-state index in [2.05, 4.69) is 15.5 Å². The molecule has 0 aromatic heterocycles. The Morgan fingerprint density at radius 2 is 2.17 bits per heavy atom. The molecule has 18 heavy (non-hydrogen) atoms. The van der Waals surface area contributed by atoms with E-state index in [4.69, 9.17) is 11.6 Å². The van der Waals surface area contributed by atoms with Crippen molar-refractivity contribution in [3.63, 3.8) is 0 Å². The van der Waals surface area contributed by atoms with Gasteiger partial charge >= 0.3 is 12.0 Å². The van der Waals surface area contributed by atoms with Gasteiger partial charge in [-0.25, -0.2) is 10.2 Å². The molecule has 0 bridgehead atoms. The summed E-state index contributed by atoms with van der Waals surface area (Å²) >= 11 is 5.86. The van der Waals surface area contributed by atoms with Crippen molar-refractivity contribution in [2.45, 2.75) is 0 Å². The number of hydrazine groups is 1. The van der Waals surface area contributed by atoms with Crippen LogP contribution in [0.4, 0.5) is 10.5 Å². The van der Waals surface area contributed by atoms with Gasteiger partial charge in [-0.2, -0.15) is 0 Å². The second-order valence-electron chi connectivity index (χ2n) is 3.33. The molecule has 1 aromatic carbocycles. The number of hydrogen-bond acceptors (Lipinski definition) is 4. The number of amides is 2. The molecule has 0 unspecified atom stereocenters. The molecule has 7 heteroatoms. The fraction of sp³-hybridized carbons (Fsp3) is 0.273.